The highest BCUT2D eigenvalue weighted by Crippen LogP contribution is 2.34. The Morgan fingerprint density at radius 2 is 1.58 bits per heavy atom. The topological polar surface area (TPSA) is 41.1 Å². The normalized spacial score (nSPS) is 11.2. The van der Waals surface area contributed by atoms with E-state index in [4.69, 9.17) is 0 Å². The molecule has 2 N–H and O–H groups in total. The Morgan fingerprint density at radius 3 is 2.25 bits per heavy atom. The Morgan fingerprint density at radius 1 is 0.917 bits per heavy atom. The Labute approximate surface area is 132 Å². The van der Waals surface area contributed by atoms with Crippen LogP contribution in [0.25, 0.3) is 0 Å². The molecule has 0 saturated carbocycles. The molecule has 0 heterocycles. The second-order valence-corrected chi connectivity index (χ2v) is 4.67. The van der Waals surface area contributed by atoms with Crippen molar-refractivity contribution in [2.24, 2.45) is 0 Å². The van der Waals surface area contributed by atoms with E-state index < -0.39 is 47.3 Å². The number of hydrogen-bond donors (Lipinski definition) is 2. The molecule has 3 nitrogen and oxygen atoms in total. The fourth-order valence-electron chi connectivity index (χ4n) is 1.88. The molecule has 2 aromatic carbocycles. The molecule has 0 aliphatic heterocycles. The van der Waals surface area contributed by atoms with Crippen molar-refractivity contribution in [1.29, 1.82) is 0 Å². The lowest BCUT2D eigenvalue weighted by Crippen LogP contribution is -2.23. The maximum absolute atomic E-state index is 13.4. The summed E-state index contributed by atoms with van der Waals surface area (Å²) in [4.78, 5) is 11.7. The number of nitrogens with one attached hydrogen (secondary N) is 2. The molecule has 0 atom stereocenters. The average Bonchev–Trinajstić information content (AvgIpc) is 2.53. The summed E-state index contributed by atoms with van der Waals surface area (Å²) in [7, 11) is 0. The van der Waals surface area contributed by atoms with Crippen molar-refractivity contribution in [3.63, 3.8) is 0 Å². The first kappa shape index (κ1) is 17.6. The van der Waals surface area contributed by atoms with E-state index in [9.17, 15) is 31.1 Å². The first-order chi connectivity index (χ1) is 11.2. The number of alkyl halides is 3. The van der Waals surface area contributed by atoms with E-state index in [0.29, 0.717) is 6.07 Å². The van der Waals surface area contributed by atoms with Crippen LogP contribution in [0.3, 0.4) is 0 Å². The number of para-hydroxylation sites is 1. The van der Waals surface area contributed by atoms with Crippen LogP contribution in [0.5, 0.6) is 0 Å². The summed E-state index contributed by atoms with van der Waals surface area (Å²) in [6.07, 6.45) is -4.62. The fourth-order valence-corrected chi connectivity index (χ4v) is 1.88. The lowest BCUT2D eigenvalue weighted by molar-refractivity contribution is -0.137. The van der Waals surface area contributed by atoms with E-state index >= 15 is 0 Å². The van der Waals surface area contributed by atoms with Gasteiger partial charge in [0.25, 0.3) is 0 Å². The van der Waals surface area contributed by atoms with Gasteiger partial charge < -0.3 is 10.6 Å². The third kappa shape index (κ3) is 3.98. The average molecular weight is 348 g/mol. The summed E-state index contributed by atoms with van der Waals surface area (Å²) >= 11 is 0. The van der Waals surface area contributed by atoms with E-state index in [0.717, 1.165) is 18.2 Å². The number of rotatable bonds is 4. The summed E-state index contributed by atoms with van der Waals surface area (Å²) in [5, 5.41) is 4.21. The van der Waals surface area contributed by atoms with E-state index in [2.05, 4.69) is 5.32 Å². The molecule has 2 aromatic rings. The van der Waals surface area contributed by atoms with Gasteiger partial charge in [-0.3, -0.25) is 4.79 Å². The van der Waals surface area contributed by atoms with E-state index in [-0.39, 0.29) is 5.69 Å². The Hall–Kier alpha value is -2.71. The number of halogens is 6. The number of carbonyl (C=O) groups is 1. The maximum Gasteiger partial charge on any atom is 0.418 e. The standard InChI is InChI=1S/C15H10F6N2O/c16-9-5-6-11(14(18)13(9)17)23-12(24)7-22-10-4-2-1-3-8(10)15(19,20)21/h1-6,22H,7H2,(H,23,24). The highest BCUT2D eigenvalue weighted by atomic mass is 19.4. The summed E-state index contributed by atoms with van der Waals surface area (Å²) in [5.74, 6) is -5.72. The van der Waals surface area contributed by atoms with Crippen molar-refractivity contribution >= 4 is 17.3 Å². The van der Waals surface area contributed by atoms with Gasteiger partial charge in [0.05, 0.1) is 17.8 Å². The van der Waals surface area contributed by atoms with Crippen LogP contribution in [0.4, 0.5) is 37.7 Å². The summed E-state index contributed by atoms with van der Waals surface area (Å²) < 4.78 is 77.6. The maximum atomic E-state index is 13.4. The van der Waals surface area contributed by atoms with Gasteiger partial charge in [0.1, 0.15) is 0 Å². The molecule has 9 heteroatoms. The smallest absolute Gasteiger partial charge is 0.376 e. The van der Waals surface area contributed by atoms with Crippen LogP contribution in [-0.2, 0) is 11.0 Å². The van der Waals surface area contributed by atoms with Crippen LogP contribution in [0.1, 0.15) is 5.56 Å². The first-order valence-electron chi connectivity index (χ1n) is 6.53. The van der Waals surface area contributed by atoms with Gasteiger partial charge in [-0.1, -0.05) is 12.1 Å². The minimum absolute atomic E-state index is 0.342. The fraction of sp³-hybridized carbons (Fsp3) is 0.133. The molecular weight excluding hydrogens is 338 g/mol. The molecule has 0 saturated heterocycles. The highest BCUT2D eigenvalue weighted by Gasteiger charge is 2.33. The predicted octanol–water partition coefficient (Wildman–Crippen LogP) is 4.17. The van der Waals surface area contributed by atoms with Crippen molar-refractivity contribution in [3.8, 4) is 0 Å². The van der Waals surface area contributed by atoms with Gasteiger partial charge in [-0.25, -0.2) is 13.2 Å². The molecule has 1 amide bonds. The third-order valence-corrected chi connectivity index (χ3v) is 2.98. The van der Waals surface area contributed by atoms with Crippen molar-refractivity contribution in [1.82, 2.24) is 0 Å². The molecule has 24 heavy (non-hydrogen) atoms. The van der Waals surface area contributed by atoms with Crippen LogP contribution < -0.4 is 10.6 Å². The quantitative estimate of drug-likeness (QED) is 0.643. The zero-order valence-electron chi connectivity index (χ0n) is 11.8. The first-order valence-corrected chi connectivity index (χ1v) is 6.53. The van der Waals surface area contributed by atoms with Gasteiger partial charge >= 0.3 is 6.18 Å². The Balaban J connectivity index is 2.06. The number of amides is 1. The molecule has 0 bridgehead atoms. The SMILES string of the molecule is O=C(CNc1ccccc1C(F)(F)F)Nc1ccc(F)c(F)c1F. The summed E-state index contributed by atoms with van der Waals surface area (Å²) in [6.45, 7) is -0.633. The van der Waals surface area contributed by atoms with Gasteiger partial charge in [-0.05, 0) is 24.3 Å². The Bertz CT molecular complexity index is 760. The predicted molar refractivity (Wildman–Crippen MR) is 74.9 cm³/mol. The number of benzene rings is 2. The number of hydrogen-bond acceptors (Lipinski definition) is 2. The van der Waals surface area contributed by atoms with Crippen LogP contribution in [0.15, 0.2) is 36.4 Å². The molecule has 0 fully saturated rings. The van der Waals surface area contributed by atoms with Crippen LogP contribution in [0.2, 0.25) is 0 Å². The minimum atomic E-state index is -4.62. The summed E-state index contributed by atoms with van der Waals surface area (Å²) in [5.41, 5.74) is -1.94. The van der Waals surface area contributed by atoms with Crippen molar-refractivity contribution in [2.75, 3.05) is 17.2 Å². The molecule has 0 spiro atoms. The Kier molecular flexibility index (Phi) is 5.01. The molecule has 2 rings (SSSR count). The van der Waals surface area contributed by atoms with Gasteiger partial charge in [-0.15, -0.1) is 0 Å². The second kappa shape index (κ2) is 6.81. The van der Waals surface area contributed by atoms with Gasteiger partial charge in [-0.2, -0.15) is 13.2 Å². The van der Waals surface area contributed by atoms with Crippen LogP contribution >= 0.6 is 0 Å². The highest BCUT2D eigenvalue weighted by molar-refractivity contribution is 5.94. The molecular formula is C15H10F6N2O. The lowest BCUT2D eigenvalue weighted by Gasteiger charge is -2.14. The van der Waals surface area contributed by atoms with E-state index in [1.54, 1.807) is 0 Å². The second-order valence-electron chi connectivity index (χ2n) is 4.67. The van der Waals surface area contributed by atoms with Crippen LogP contribution in [-0.4, -0.2) is 12.5 Å². The molecule has 128 valence electrons. The zero-order valence-corrected chi connectivity index (χ0v) is 11.8. The zero-order chi connectivity index (χ0) is 17.9. The summed E-state index contributed by atoms with van der Waals surface area (Å²) in [6, 6.07) is 5.88. The third-order valence-electron chi connectivity index (χ3n) is 2.98. The molecule has 0 aliphatic rings. The molecule has 0 aliphatic carbocycles. The number of carbonyl (C=O) groups excluding carboxylic acids is 1. The monoisotopic (exact) mass is 348 g/mol. The van der Waals surface area contributed by atoms with Gasteiger partial charge in [0.15, 0.2) is 17.5 Å². The molecule has 0 aromatic heterocycles. The minimum Gasteiger partial charge on any atom is -0.376 e. The van der Waals surface area contributed by atoms with E-state index in [1.165, 1.54) is 12.1 Å². The van der Waals surface area contributed by atoms with Crippen molar-refractivity contribution in [2.45, 2.75) is 6.18 Å². The van der Waals surface area contributed by atoms with Gasteiger partial charge in [0.2, 0.25) is 5.91 Å². The largest absolute Gasteiger partial charge is 0.418 e. The lowest BCUT2D eigenvalue weighted by atomic mass is 10.1. The van der Waals surface area contributed by atoms with E-state index in [1.807, 2.05) is 5.32 Å². The molecule has 0 unspecified atom stereocenters. The van der Waals surface area contributed by atoms with Crippen molar-refractivity contribution in [3.05, 3.63) is 59.4 Å². The van der Waals surface area contributed by atoms with Crippen molar-refractivity contribution < 1.29 is 31.1 Å². The molecule has 0 radical (unpaired) electrons. The van der Waals surface area contributed by atoms with Crippen LogP contribution in [0, 0.1) is 17.5 Å². The van der Waals surface area contributed by atoms with Gasteiger partial charge in [0, 0.05) is 5.69 Å². The number of anilines is 2.